The van der Waals surface area contributed by atoms with Crippen LogP contribution in [-0.4, -0.2) is 6.68 Å². The van der Waals surface area contributed by atoms with E-state index >= 15 is 0 Å². The van der Waals surface area contributed by atoms with Gasteiger partial charge in [-0.2, -0.15) is 0 Å². The molecule has 0 aromatic heterocycles. The molecule has 0 aliphatic rings. The zero-order valence-electron chi connectivity index (χ0n) is 7.15. The van der Waals surface area contributed by atoms with Gasteiger partial charge in [-0.15, -0.1) is 0 Å². The molecule has 11 heteroatoms. The third-order valence-corrected chi connectivity index (χ3v) is 1.26. The predicted octanol–water partition coefficient (Wildman–Crippen LogP) is 0.0594. The SMILES string of the molecule is [C-]#[N+][C-]=[U]=[CH2].[U].[U].[U].[U].[U].[U].[U].[U].[U]. The van der Waals surface area contributed by atoms with Gasteiger partial charge in [0.15, 0.2) is 0 Å². The van der Waals surface area contributed by atoms with Gasteiger partial charge in [-0.05, 0) is 0 Å². The van der Waals surface area contributed by atoms with Crippen molar-refractivity contribution in [2.45, 2.75) is 0 Å². The summed E-state index contributed by atoms with van der Waals surface area (Å²) in [6.45, 7) is 6.13. The normalized spacial score (nSPS) is 1.36. The van der Waals surface area contributed by atoms with Crippen molar-refractivity contribution in [3.63, 3.8) is 0 Å². The second-order valence-corrected chi connectivity index (χ2v) is 2.80. The Bertz CT molecular complexity index is 102. The van der Waals surface area contributed by atoms with Gasteiger partial charge in [-0.25, -0.2) is 0 Å². The van der Waals surface area contributed by atoms with Gasteiger partial charge >= 0.3 is 44.8 Å². The molecule has 0 unspecified atom stereocenters. The fourth-order valence-corrected chi connectivity index (χ4v) is 0.369. The van der Waals surface area contributed by atoms with Gasteiger partial charge in [0.1, 0.15) is 0 Å². The zero-order valence-corrected chi connectivity index (χ0v) is 48.8. The third-order valence-electron chi connectivity index (χ3n) is 0.135. The molecule has 1 nitrogen and oxygen atoms in total. The van der Waals surface area contributed by atoms with E-state index in [0.717, 1.165) is 0 Å². The summed E-state index contributed by atoms with van der Waals surface area (Å²) >= 11 is -0.911. The predicted molar refractivity (Wildman–Crippen MR) is 18.7 cm³/mol. The van der Waals surface area contributed by atoms with E-state index in [1.54, 1.807) is 0 Å². The maximum Gasteiger partial charge on any atom is 0 e. The summed E-state index contributed by atoms with van der Waals surface area (Å²) in [7, 11) is 0. The van der Waals surface area contributed by atoms with Crippen LogP contribution in [0.2, 0.25) is 0 Å². The zero-order chi connectivity index (χ0) is 4.12. The Morgan fingerprint density at radius 3 is 1.00 bits per heavy atom. The topological polar surface area (TPSA) is 4.36 Å². The number of hydrogen-bond donors (Lipinski definition) is 0. The van der Waals surface area contributed by atoms with E-state index in [9.17, 15) is 0 Å². The van der Waals surface area contributed by atoms with E-state index in [2.05, 4.69) is 11.5 Å². The number of hydrogen-bond acceptors (Lipinski definition) is 0. The van der Waals surface area contributed by atoms with Crippen LogP contribution in [0.5, 0.6) is 0 Å². The molecule has 0 aliphatic heterocycles. The Hall–Kier alpha value is 9.75. The Morgan fingerprint density at radius 2 is 1.00 bits per heavy atom. The van der Waals surface area contributed by atoms with Crippen LogP contribution < -0.4 is 0 Å². The molecule has 0 bridgehead atoms. The van der Waals surface area contributed by atoms with E-state index < -0.39 is 26.7 Å². The number of nitrogens with zero attached hydrogens (tertiary/aromatic N) is 1. The van der Waals surface area contributed by atoms with Crippen LogP contribution in [0.25, 0.3) is 4.85 Å². The minimum absolute atomic E-state index is 0. The first-order valence-corrected chi connectivity index (χ1v) is 6.08. The summed E-state index contributed by atoms with van der Waals surface area (Å²) in [4.78, 5) is 2.88. The van der Waals surface area contributed by atoms with Crippen molar-refractivity contribution in [2.24, 2.45) is 0 Å². The molecule has 0 radical (unpaired) electrons. The Labute approximate surface area is 314 Å². The van der Waals surface area contributed by atoms with Gasteiger partial charge in [0.2, 0.25) is 0 Å². The molecule has 0 heterocycles. The monoisotopic (exact) mass is 2430 g/mol. The molecule has 0 saturated heterocycles. The smallest absolute Gasteiger partial charge is 0 e. The van der Waals surface area contributed by atoms with Gasteiger partial charge in [0.05, 0.1) is 0 Å². The minimum Gasteiger partial charge on any atom is 0 e. The molecule has 0 saturated carbocycles. The summed E-state index contributed by atoms with van der Waals surface area (Å²) in [5.74, 6) is 0. The van der Waals surface area contributed by atoms with E-state index in [0.29, 0.717) is 0 Å². The van der Waals surface area contributed by atoms with Gasteiger partial charge in [-0.3, -0.25) is 0 Å². The summed E-state index contributed by atoms with van der Waals surface area (Å²) in [6, 6.07) is 0. The molecule has 0 amide bonds. The molecule has 0 fully saturated rings. The van der Waals surface area contributed by atoms with Crippen LogP contribution >= 0.6 is 0 Å². The molecule has 14 heavy (non-hydrogen) atoms. The van der Waals surface area contributed by atoms with Gasteiger partial charge in [0.25, 0.3) is 0 Å². The van der Waals surface area contributed by atoms with Crippen LogP contribution in [0.1, 0.15) is 0 Å². The first-order valence-electron chi connectivity index (χ1n) is 1.05. The molecule has 0 aliphatic carbocycles. The summed E-state index contributed by atoms with van der Waals surface area (Å²) in [6.07, 6.45) is 0. The van der Waals surface area contributed by atoms with Crippen molar-refractivity contribution < 1.29 is 307 Å². The number of rotatable bonds is 0. The van der Waals surface area contributed by atoms with Crippen molar-refractivity contribution in [3.05, 3.63) is 11.4 Å². The molecule has 0 aromatic carbocycles. The molecule has 60 valence electrons. The van der Waals surface area contributed by atoms with Crippen molar-refractivity contribution in [1.29, 1.82) is 0 Å². The molecular weight excluding hydrogens is 2430 g/mol. The standard InChI is InChI=1S/C2N.CH2.10U/c1-3-2;;;;;;;;;;;/h;1H2;;;;;;;;;;/q-1;;;;;;;;;;;. The van der Waals surface area contributed by atoms with Crippen LogP contribution in [-0.2, 0) is 0 Å². The summed E-state index contributed by atoms with van der Waals surface area (Å²) in [5, 5.41) is 0. The Morgan fingerprint density at radius 1 is 0.786 bits per heavy atom. The fraction of sp³-hybridized carbons (Fsp3) is 0. The molecule has 0 atom stereocenters. The van der Waals surface area contributed by atoms with Crippen molar-refractivity contribution in [1.82, 2.24) is 0 Å². The molecule has 0 rings (SSSR count). The third kappa shape index (κ3) is 67.8. The average molecular weight is 2430 g/mol. The van der Waals surface area contributed by atoms with Gasteiger partial charge < -0.3 is 0 Å². The fourth-order valence-electron chi connectivity index (χ4n) is 0.0395. The minimum atomic E-state index is -0.911. The van der Waals surface area contributed by atoms with Crippen LogP contribution in [0.15, 0.2) is 0 Å². The first-order chi connectivity index (χ1) is 2.41. The maximum absolute atomic E-state index is 6.13. The molecule has 0 spiro atoms. The van der Waals surface area contributed by atoms with Gasteiger partial charge in [-0.1, -0.05) is 0 Å². The molecular formula is C3H2NU10-. The van der Waals surface area contributed by atoms with Crippen molar-refractivity contribution in [3.8, 4) is 0 Å². The Kier molecular flexibility index (Phi) is 307. The molecule has 0 N–H and O–H groups in total. The largest absolute Gasteiger partial charge is 0 e. The van der Waals surface area contributed by atoms with E-state index in [1.165, 1.54) is 0 Å². The maximum atomic E-state index is 6.13. The summed E-state index contributed by atoms with van der Waals surface area (Å²) < 4.78 is 6.06. The second-order valence-electron chi connectivity index (χ2n) is 0.400. The van der Waals surface area contributed by atoms with E-state index in [1.807, 2.05) is 0 Å². The van der Waals surface area contributed by atoms with Crippen LogP contribution in [0, 0.1) is 313 Å². The first kappa shape index (κ1) is 65.0. The van der Waals surface area contributed by atoms with E-state index in [4.69, 9.17) is 6.57 Å². The molecule has 0 aromatic rings. The van der Waals surface area contributed by atoms with Gasteiger partial charge in [0, 0.05) is 280 Å². The quantitative estimate of drug-likeness (QED) is 0.303. The Balaban J connectivity index is -0.00000000222. The van der Waals surface area contributed by atoms with Crippen molar-refractivity contribution >= 4 is 6.68 Å². The average Bonchev–Trinajstić information content (AvgIpc) is 1.41. The summed E-state index contributed by atoms with van der Waals surface area (Å²) in [5.41, 5.74) is 0. The van der Waals surface area contributed by atoms with Crippen LogP contribution in [0.3, 0.4) is 0 Å². The van der Waals surface area contributed by atoms with Crippen LogP contribution in [0.4, 0.5) is 0 Å². The van der Waals surface area contributed by atoms with Crippen molar-refractivity contribution in [2.75, 3.05) is 0 Å². The van der Waals surface area contributed by atoms with E-state index in [-0.39, 0.29) is 280 Å². The second kappa shape index (κ2) is 66.2.